The zero-order valence-electron chi connectivity index (χ0n) is 28.5. The molecule has 0 saturated heterocycles. The number of allylic oxidation sites excluding steroid dienone is 1. The van der Waals surface area contributed by atoms with E-state index in [1.807, 2.05) is 0 Å². The maximum atomic E-state index is 5.53. The maximum Gasteiger partial charge on any atom is 0.142 e. The summed E-state index contributed by atoms with van der Waals surface area (Å²) >= 11 is 0. The van der Waals surface area contributed by atoms with Crippen LogP contribution in [0.25, 0.3) is 50.4 Å². The molecular weight excluding hydrogens is 629 g/mol. The summed E-state index contributed by atoms with van der Waals surface area (Å²) in [5.74, 6) is 0.947. The molecule has 2 heteroatoms. The third kappa shape index (κ3) is 3.94. The summed E-state index contributed by atoms with van der Waals surface area (Å²) in [7, 11) is 0. The van der Waals surface area contributed by atoms with E-state index in [1.54, 1.807) is 0 Å². The lowest BCUT2D eigenvalue weighted by atomic mass is 9.70. The fourth-order valence-electron chi connectivity index (χ4n) is 9.26. The van der Waals surface area contributed by atoms with E-state index in [1.165, 1.54) is 55.5 Å². The Bertz CT molecular complexity index is 2690. The van der Waals surface area contributed by atoms with E-state index in [4.69, 9.17) is 4.98 Å². The highest BCUT2D eigenvalue weighted by Gasteiger charge is 2.52. The predicted molar refractivity (Wildman–Crippen MR) is 213 cm³/mol. The third-order valence-corrected chi connectivity index (χ3v) is 11.4. The molecule has 0 atom stereocenters. The van der Waals surface area contributed by atoms with E-state index in [0.717, 1.165) is 52.2 Å². The molecule has 242 valence electrons. The summed E-state index contributed by atoms with van der Waals surface area (Å²) in [6.45, 7) is 0. The van der Waals surface area contributed by atoms with Crippen molar-refractivity contribution in [2.75, 3.05) is 4.90 Å². The number of anilines is 3. The summed E-state index contributed by atoms with van der Waals surface area (Å²) in [5, 5.41) is 1.19. The van der Waals surface area contributed by atoms with E-state index < -0.39 is 5.41 Å². The molecule has 2 nitrogen and oxygen atoms in total. The van der Waals surface area contributed by atoms with Gasteiger partial charge in [-0.3, -0.25) is 4.90 Å². The molecule has 11 rings (SSSR count). The highest BCUT2D eigenvalue weighted by molar-refractivity contribution is 5.98. The molecule has 0 unspecified atom stereocenters. The number of para-hydroxylation sites is 2. The van der Waals surface area contributed by atoms with Crippen LogP contribution in [0.4, 0.5) is 17.2 Å². The summed E-state index contributed by atoms with van der Waals surface area (Å²) in [6, 6.07) is 64.7. The van der Waals surface area contributed by atoms with Gasteiger partial charge < -0.3 is 0 Å². The van der Waals surface area contributed by atoms with Gasteiger partial charge >= 0.3 is 0 Å². The van der Waals surface area contributed by atoms with Crippen molar-refractivity contribution >= 4 is 34.2 Å². The van der Waals surface area contributed by atoms with E-state index in [9.17, 15) is 0 Å². The maximum absolute atomic E-state index is 5.53. The quantitative estimate of drug-likeness (QED) is 0.187. The lowest BCUT2D eigenvalue weighted by Crippen LogP contribution is -2.26. The van der Waals surface area contributed by atoms with Gasteiger partial charge in [-0.2, -0.15) is 0 Å². The van der Waals surface area contributed by atoms with Crippen LogP contribution in [0.1, 0.15) is 39.8 Å². The van der Waals surface area contributed by atoms with Gasteiger partial charge in [0.2, 0.25) is 0 Å². The van der Waals surface area contributed by atoms with Gasteiger partial charge in [-0.1, -0.05) is 158 Å². The van der Waals surface area contributed by atoms with Gasteiger partial charge in [-0.25, -0.2) is 4.98 Å². The van der Waals surface area contributed by atoms with Crippen molar-refractivity contribution in [3.05, 3.63) is 209 Å². The third-order valence-electron chi connectivity index (χ3n) is 11.4. The minimum atomic E-state index is -0.483. The van der Waals surface area contributed by atoms with Crippen molar-refractivity contribution in [3.8, 4) is 33.4 Å². The van der Waals surface area contributed by atoms with E-state index in [2.05, 4.69) is 187 Å². The largest absolute Gasteiger partial charge is 0.286 e. The zero-order valence-corrected chi connectivity index (χ0v) is 28.5. The molecule has 3 aliphatic carbocycles. The average Bonchev–Trinajstić information content (AvgIpc) is 3.69. The Morgan fingerprint density at radius 3 is 1.94 bits per heavy atom. The molecule has 1 heterocycles. The Hall–Kier alpha value is -6.69. The smallest absolute Gasteiger partial charge is 0.142 e. The summed E-state index contributed by atoms with van der Waals surface area (Å²) < 4.78 is 0. The van der Waals surface area contributed by atoms with Gasteiger partial charge in [-0.15, -0.1) is 0 Å². The van der Waals surface area contributed by atoms with Crippen molar-refractivity contribution in [3.63, 3.8) is 0 Å². The Morgan fingerprint density at radius 2 is 1.17 bits per heavy atom. The van der Waals surface area contributed by atoms with Crippen LogP contribution in [0.15, 0.2) is 164 Å². The first-order valence-electron chi connectivity index (χ1n) is 18.1. The van der Waals surface area contributed by atoms with Gasteiger partial charge in [0.1, 0.15) is 5.82 Å². The number of nitrogens with zero attached hydrogens (tertiary/aromatic N) is 2. The van der Waals surface area contributed by atoms with E-state index in [-0.39, 0.29) is 0 Å². The summed E-state index contributed by atoms with van der Waals surface area (Å²) in [6.07, 6.45) is 6.48. The SMILES string of the molecule is c1c(N(c2ccccc2-c2ccccc2)c2nc3ccccc3c3c2CCC=C3)cc2c(c#1)-c1ccccc1C21c2ccccc2-c2ccccc21. The van der Waals surface area contributed by atoms with Gasteiger partial charge in [0.15, 0.2) is 0 Å². The molecule has 1 aromatic heterocycles. The molecule has 3 aliphatic rings. The Morgan fingerprint density at radius 1 is 0.558 bits per heavy atom. The molecule has 7 aromatic carbocycles. The minimum Gasteiger partial charge on any atom is -0.286 e. The molecule has 52 heavy (non-hydrogen) atoms. The summed E-state index contributed by atoms with van der Waals surface area (Å²) in [5.41, 5.74) is 17.4. The van der Waals surface area contributed by atoms with Crippen LogP contribution in [0, 0.1) is 12.1 Å². The number of aromatic nitrogens is 1. The van der Waals surface area contributed by atoms with E-state index in [0.29, 0.717) is 0 Å². The lowest BCUT2D eigenvalue weighted by Gasteiger charge is -2.32. The monoisotopic (exact) mass is 660 g/mol. The van der Waals surface area contributed by atoms with Crippen LogP contribution < -0.4 is 4.90 Å². The zero-order chi connectivity index (χ0) is 34.2. The molecule has 0 saturated carbocycles. The minimum absolute atomic E-state index is 0.483. The molecule has 0 amide bonds. The summed E-state index contributed by atoms with van der Waals surface area (Å²) in [4.78, 5) is 7.90. The van der Waals surface area contributed by atoms with Gasteiger partial charge in [-0.05, 0) is 87.2 Å². The van der Waals surface area contributed by atoms with Crippen molar-refractivity contribution in [1.82, 2.24) is 4.98 Å². The van der Waals surface area contributed by atoms with Crippen LogP contribution in [0.3, 0.4) is 0 Å². The van der Waals surface area contributed by atoms with Gasteiger partial charge in [0.25, 0.3) is 0 Å². The lowest BCUT2D eigenvalue weighted by molar-refractivity contribution is 0.793. The molecule has 1 spiro atoms. The first-order chi connectivity index (χ1) is 25.8. The first-order valence-corrected chi connectivity index (χ1v) is 18.1. The Kier molecular flexibility index (Phi) is 6.24. The molecule has 0 radical (unpaired) electrons. The molecule has 0 N–H and O–H groups in total. The number of benzene rings is 6. The normalized spacial score (nSPS) is 13.9. The Labute approximate surface area is 304 Å². The number of fused-ring (bicyclic) bond motifs is 13. The van der Waals surface area contributed by atoms with Crippen LogP contribution in [-0.4, -0.2) is 4.98 Å². The van der Waals surface area contributed by atoms with Crippen LogP contribution >= 0.6 is 0 Å². The number of hydrogen-bond donors (Lipinski definition) is 0. The molecule has 0 fully saturated rings. The fraction of sp³-hybridized carbons (Fsp3) is 0.0600. The van der Waals surface area contributed by atoms with Gasteiger partial charge in [0.05, 0.1) is 22.3 Å². The molecule has 0 bridgehead atoms. The highest BCUT2D eigenvalue weighted by atomic mass is 15.2. The van der Waals surface area contributed by atoms with E-state index >= 15 is 0 Å². The predicted octanol–water partition coefficient (Wildman–Crippen LogP) is 12.3. The topological polar surface area (TPSA) is 16.1 Å². The number of rotatable bonds is 4. The molecular formula is C50H32N2. The number of hydrogen-bond acceptors (Lipinski definition) is 2. The molecule has 0 aliphatic heterocycles. The first kappa shape index (κ1) is 29.1. The van der Waals surface area contributed by atoms with Crippen molar-refractivity contribution in [2.45, 2.75) is 18.3 Å². The standard InChI is InChI=1S/C50H32N2/c1-2-16-33(17-3-1)35-18-10-15-29-48(35)52(49-42-24-5-4-19-36(42)41-23-9-14-28-47(41)51-49)34-30-31-40-39-22-8-13-27-45(39)50(46(40)32-34)43-25-11-6-20-37(43)38-21-7-12-26-44(38)50/h1-4,6-23,25-29,32H,5,24H2. The second-order valence-corrected chi connectivity index (χ2v) is 14.0. The average molecular weight is 661 g/mol. The van der Waals surface area contributed by atoms with Crippen molar-refractivity contribution < 1.29 is 0 Å². The Balaban J connectivity index is 1.24. The molecule has 8 aromatic rings. The second kappa shape index (κ2) is 11.2. The number of pyridine rings is 1. The van der Waals surface area contributed by atoms with Crippen LogP contribution in [0.2, 0.25) is 0 Å². The van der Waals surface area contributed by atoms with Crippen molar-refractivity contribution in [2.24, 2.45) is 0 Å². The highest BCUT2D eigenvalue weighted by Crippen LogP contribution is 2.63. The second-order valence-electron chi connectivity index (χ2n) is 14.0. The van der Waals surface area contributed by atoms with Gasteiger partial charge in [0, 0.05) is 22.1 Å². The van der Waals surface area contributed by atoms with Crippen LogP contribution in [0.5, 0.6) is 0 Å². The van der Waals surface area contributed by atoms with Crippen molar-refractivity contribution in [1.29, 1.82) is 0 Å². The fourth-order valence-corrected chi connectivity index (χ4v) is 9.26. The van der Waals surface area contributed by atoms with Crippen LogP contribution in [-0.2, 0) is 11.8 Å².